The summed E-state index contributed by atoms with van der Waals surface area (Å²) >= 11 is 0. The molecule has 1 N–H and O–H groups in total. The fraction of sp³-hybridized carbons (Fsp3) is 0.125. The Kier molecular flexibility index (Phi) is 2.33. The third kappa shape index (κ3) is 1.78. The molecule has 4 rings (SSSR count). The number of carbonyl (C=O) groups is 1. The van der Waals surface area contributed by atoms with E-state index in [-0.39, 0.29) is 5.91 Å². The van der Waals surface area contributed by atoms with Crippen molar-refractivity contribution >= 4 is 17.0 Å². The highest BCUT2D eigenvalue weighted by Crippen LogP contribution is 2.29. The van der Waals surface area contributed by atoms with Crippen LogP contribution in [0.3, 0.4) is 0 Å². The first-order valence-electron chi connectivity index (χ1n) is 6.63. The van der Waals surface area contributed by atoms with Crippen LogP contribution in [0.25, 0.3) is 22.2 Å². The van der Waals surface area contributed by atoms with Crippen LogP contribution in [0, 0.1) is 0 Å². The summed E-state index contributed by atoms with van der Waals surface area (Å²) in [4.78, 5) is 27.4. The zero-order chi connectivity index (χ0) is 14.6. The zero-order valence-electron chi connectivity index (χ0n) is 11.3. The van der Waals surface area contributed by atoms with Gasteiger partial charge in [-0.25, -0.2) is 4.79 Å². The molecule has 1 aliphatic rings. The number of carbonyl (C=O) groups excluding carboxylic acids is 1. The summed E-state index contributed by atoms with van der Waals surface area (Å²) in [6.45, 7) is 0.632. The average molecular weight is 280 g/mol. The van der Waals surface area contributed by atoms with Crippen molar-refractivity contribution in [2.24, 2.45) is 0 Å². The number of nitrogens with zero attached hydrogens (tertiary/aromatic N) is 1. The highest BCUT2D eigenvalue weighted by molar-refractivity contribution is 5.98. The summed E-state index contributed by atoms with van der Waals surface area (Å²) in [7, 11) is 1.80. The van der Waals surface area contributed by atoms with E-state index < -0.39 is 5.76 Å². The van der Waals surface area contributed by atoms with Crippen molar-refractivity contribution in [1.82, 2.24) is 9.88 Å². The molecule has 5 heteroatoms. The van der Waals surface area contributed by atoms with Crippen molar-refractivity contribution in [1.29, 1.82) is 0 Å². The molecule has 0 fully saturated rings. The van der Waals surface area contributed by atoms with Crippen molar-refractivity contribution < 1.29 is 9.21 Å². The highest BCUT2D eigenvalue weighted by atomic mass is 16.4. The number of nitrogens with one attached hydrogen (secondary N) is 1. The minimum atomic E-state index is -0.455. The molecule has 21 heavy (non-hydrogen) atoms. The van der Waals surface area contributed by atoms with E-state index in [0.717, 1.165) is 22.3 Å². The molecule has 0 bridgehead atoms. The van der Waals surface area contributed by atoms with Crippen molar-refractivity contribution in [3.05, 3.63) is 58.1 Å². The average Bonchev–Trinajstić information content (AvgIpc) is 2.97. The second-order valence-electron chi connectivity index (χ2n) is 5.26. The predicted molar refractivity (Wildman–Crippen MR) is 78.1 cm³/mol. The van der Waals surface area contributed by atoms with Crippen LogP contribution in [-0.4, -0.2) is 22.8 Å². The van der Waals surface area contributed by atoms with Gasteiger partial charge in [-0.2, -0.15) is 0 Å². The standard InChI is InChI=1S/C16H12N2O3/c1-18-8-11-6-9(2-4-12(11)15(18)19)10-3-5-14-13(7-10)17-16(20)21-14/h2-7H,8H2,1H3,(H,17,20). The van der Waals surface area contributed by atoms with Gasteiger partial charge < -0.3 is 9.32 Å². The number of amides is 1. The Labute approximate surface area is 119 Å². The first kappa shape index (κ1) is 12.0. The largest absolute Gasteiger partial charge is 0.417 e. The van der Waals surface area contributed by atoms with Gasteiger partial charge in [-0.15, -0.1) is 0 Å². The number of benzene rings is 2. The molecule has 0 radical (unpaired) electrons. The number of fused-ring (bicyclic) bond motifs is 2. The molecule has 0 atom stereocenters. The Morgan fingerprint density at radius 1 is 1.10 bits per heavy atom. The number of oxazole rings is 1. The summed E-state index contributed by atoms with van der Waals surface area (Å²) in [5, 5.41) is 0. The number of hydrogen-bond donors (Lipinski definition) is 1. The predicted octanol–water partition coefficient (Wildman–Crippen LogP) is 2.37. The van der Waals surface area contributed by atoms with Gasteiger partial charge in [-0.3, -0.25) is 9.78 Å². The number of rotatable bonds is 1. The van der Waals surface area contributed by atoms with Gasteiger partial charge in [0.05, 0.1) is 5.52 Å². The minimum Gasteiger partial charge on any atom is -0.408 e. The monoisotopic (exact) mass is 280 g/mol. The topological polar surface area (TPSA) is 66.3 Å². The number of aromatic nitrogens is 1. The second-order valence-corrected chi connectivity index (χ2v) is 5.26. The van der Waals surface area contributed by atoms with Crippen molar-refractivity contribution in [2.45, 2.75) is 6.54 Å². The Bertz CT molecular complexity index is 936. The summed E-state index contributed by atoms with van der Waals surface area (Å²) in [6, 6.07) is 11.4. The molecule has 0 spiro atoms. The molecule has 1 aliphatic heterocycles. The van der Waals surface area contributed by atoms with Crippen LogP contribution in [0.2, 0.25) is 0 Å². The summed E-state index contributed by atoms with van der Waals surface area (Å²) in [6.07, 6.45) is 0. The molecule has 2 aromatic carbocycles. The van der Waals surface area contributed by atoms with E-state index in [4.69, 9.17) is 4.42 Å². The van der Waals surface area contributed by atoms with Gasteiger partial charge in [0.1, 0.15) is 0 Å². The number of hydrogen-bond acceptors (Lipinski definition) is 3. The van der Waals surface area contributed by atoms with Gasteiger partial charge in [-0.05, 0) is 41.0 Å². The molecule has 0 unspecified atom stereocenters. The van der Waals surface area contributed by atoms with Crippen LogP contribution < -0.4 is 5.76 Å². The van der Waals surface area contributed by atoms with Crippen LogP contribution in [-0.2, 0) is 6.54 Å². The highest BCUT2D eigenvalue weighted by Gasteiger charge is 2.24. The summed E-state index contributed by atoms with van der Waals surface area (Å²) in [5.41, 5.74) is 5.00. The third-order valence-corrected chi connectivity index (χ3v) is 3.84. The van der Waals surface area contributed by atoms with E-state index in [2.05, 4.69) is 4.98 Å². The van der Waals surface area contributed by atoms with Gasteiger partial charge in [0.15, 0.2) is 5.58 Å². The van der Waals surface area contributed by atoms with Crippen molar-refractivity contribution in [3.63, 3.8) is 0 Å². The number of aromatic amines is 1. The molecular formula is C16H12N2O3. The Morgan fingerprint density at radius 2 is 1.86 bits per heavy atom. The lowest BCUT2D eigenvalue weighted by Gasteiger charge is -2.04. The van der Waals surface area contributed by atoms with E-state index in [1.807, 2.05) is 30.3 Å². The lowest BCUT2D eigenvalue weighted by molar-refractivity contribution is 0.0816. The molecule has 3 aromatic rings. The molecule has 104 valence electrons. The lowest BCUT2D eigenvalue weighted by atomic mass is 10.0. The first-order chi connectivity index (χ1) is 10.1. The van der Waals surface area contributed by atoms with Crippen LogP contribution in [0.15, 0.2) is 45.6 Å². The maximum atomic E-state index is 11.9. The maximum absolute atomic E-state index is 11.9. The maximum Gasteiger partial charge on any atom is 0.417 e. The third-order valence-electron chi connectivity index (χ3n) is 3.84. The van der Waals surface area contributed by atoms with E-state index in [0.29, 0.717) is 17.6 Å². The smallest absolute Gasteiger partial charge is 0.408 e. The van der Waals surface area contributed by atoms with Crippen LogP contribution in [0.5, 0.6) is 0 Å². The molecule has 0 saturated heterocycles. The van der Waals surface area contributed by atoms with E-state index in [9.17, 15) is 9.59 Å². The molecule has 0 saturated carbocycles. The van der Waals surface area contributed by atoms with Gasteiger partial charge >= 0.3 is 5.76 Å². The summed E-state index contributed by atoms with van der Waals surface area (Å²) in [5.74, 6) is -0.394. The van der Waals surface area contributed by atoms with Gasteiger partial charge in [0.25, 0.3) is 5.91 Å². The molecule has 1 aromatic heterocycles. The minimum absolute atomic E-state index is 0.0613. The Morgan fingerprint density at radius 3 is 2.71 bits per heavy atom. The summed E-state index contributed by atoms with van der Waals surface area (Å²) < 4.78 is 5.00. The van der Waals surface area contributed by atoms with Crippen LogP contribution in [0.1, 0.15) is 15.9 Å². The SMILES string of the molecule is CN1Cc2cc(-c3ccc4oc(=O)[nH]c4c3)ccc2C1=O. The van der Waals surface area contributed by atoms with Crippen LogP contribution >= 0.6 is 0 Å². The normalized spacial score (nSPS) is 14.0. The Balaban J connectivity index is 1.84. The van der Waals surface area contributed by atoms with Gasteiger partial charge in [0, 0.05) is 19.2 Å². The van der Waals surface area contributed by atoms with E-state index in [1.165, 1.54) is 0 Å². The van der Waals surface area contributed by atoms with Crippen molar-refractivity contribution in [2.75, 3.05) is 7.05 Å². The van der Waals surface area contributed by atoms with Gasteiger partial charge in [-0.1, -0.05) is 12.1 Å². The van der Waals surface area contributed by atoms with Crippen LogP contribution in [0.4, 0.5) is 0 Å². The molecule has 0 aliphatic carbocycles. The van der Waals surface area contributed by atoms with Gasteiger partial charge in [0.2, 0.25) is 0 Å². The van der Waals surface area contributed by atoms with E-state index >= 15 is 0 Å². The van der Waals surface area contributed by atoms with Crippen molar-refractivity contribution in [3.8, 4) is 11.1 Å². The lowest BCUT2D eigenvalue weighted by Crippen LogP contribution is -2.17. The zero-order valence-corrected chi connectivity index (χ0v) is 11.3. The molecule has 5 nitrogen and oxygen atoms in total. The fourth-order valence-electron chi connectivity index (χ4n) is 2.78. The fourth-order valence-corrected chi connectivity index (χ4v) is 2.78. The quantitative estimate of drug-likeness (QED) is 0.744. The molecule has 1 amide bonds. The van der Waals surface area contributed by atoms with E-state index in [1.54, 1.807) is 18.0 Å². The molecular weight excluding hydrogens is 268 g/mol. The number of H-pyrrole nitrogens is 1. The second kappa shape index (κ2) is 4.09. The Hall–Kier alpha value is -2.82. The molecule has 2 heterocycles. The first-order valence-corrected chi connectivity index (χ1v) is 6.63.